The standard InChI is InChI=1S/C18H32N6O/c1-15(23-8-6-22(2)7-9-23)11-19-17-10-18(21-14-20-17)24-5-3-4-16(12-24)13-25/h10,14-16,25H,3-9,11-13H2,1-2H3,(H,19,20,21). The van der Waals surface area contributed by atoms with Gasteiger partial charge in [-0.2, -0.15) is 0 Å². The summed E-state index contributed by atoms with van der Waals surface area (Å²) < 4.78 is 0. The van der Waals surface area contributed by atoms with E-state index in [1.54, 1.807) is 6.33 Å². The molecule has 1 aromatic rings. The van der Waals surface area contributed by atoms with Crippen molar-refractivity contribution in [3.8, 4) is 0 Å². The van der Waals surface area contributed by atoms with E-state index in [0.717, 1.165) is 70.3 Å². The van der Waals surface area contributed by atoms with Crippen LogP contribution in [0.4, 0.5) is 11.6 Å². The first-order valence-electron chi connectivity index (χ1n) is 9.50. The summed E-state index contributed by atoms with van der Waals surface area (Å²) >= 11 is 0. The maximum atomic E-state index is 9.42. The second-order valence-electron chi connectivity index (χ2n) is 7.47. The molecule has 2 N–H and O–H groups in total. The molecule has 2 saturated heterocycles. The number of hydrogen-bond acceptors (Lipinski definition) is 7. The SMILES string of the molecule is CC(CNc1cc(N2CCCC(CO)C2)ncn1)N1CCN(C)CC1. The largest absolute Gasteiger partial charge is 0.396 e. The zero-order chi connectivity index (χ0) is 17.6. The van der Waals surface area contributed by atoms with Crippen LogP contribution in [0.25, 0.3) is 0 Å². The molecule has 0 bridgehead atoms. The van der Waals surface area contributed by atoms with E-state index in [4.69, 9.17) is 0 Å². The number of piperidine rings is 1. The average Bonchev–Trinajstić information content (AvgIpc) is 2.67. The number of aliphatic hydroxyl groups is 1. The second-order valence-corrected chi connectivity index (χ2v) is 7.47. The Morgan fingerprint density at radius 1 is 1.24 bits per heavy atom. The highest BCUT2D eigenvalue weighted by atomic mass is 16.3. The van der Waals surface area contributed by atoms with Gasteiger partial charge in [-0.25, -0.2) is 9.97 Å². The first-order valence-corrected chi connectivity index (χ1v) is 9.50. The number of anilines is 2. The van der Waals surface area contributed by atoms with Crippen LogP contribution in [-0.2, 0) is 0 Å². The number of piperazine rings is 1. The molecule has 0 aliphatic carbocycles. The minimum absolute atomic E-state index is 0.259. The van der Waals surface area contributed by atoms with Crippen LogP contribution in [0.2, 0.25) is 0 Å². The first-order chi connectivity index (χ1) is 12.2. The fourth-order valence-corrected chi connectivity index (χ4v) is 3.68. The van der Waals surface area contributed by atoms with Crippen LogP contribution < -0.4 is 10.2 Å². The second kappa shape index (κ2) is 8.78. The van der Waals surface area contributed by atoms with Gasteiger partial charge in [-0.1, -0.05) is 0 Å². The Balaban J connectivity index is 1.53. The molecule has 2 aliphatic heterocycles. The Hall–Kier alpha value is -1.44. The van der Waals surface area contributed by atoms with Gasteiger partial charge in [0.15, 0.2) is 0 Å². The van der Waals surface area contributed by atoms with E-state index in [0.29, 0.717) is 12.0 Å². The van der Waals surface area contributed by atoms with Gasteiger partial charge < -0.3 is 20.2 Å². The van der Waals surface area contributed by atoms with Gasteiger partial charge in [-0.15, -0.1) is 0 Å². The molecule has 1 aromatic heterocycles. The van der Waals surface area contributed by atoms with Gasteiger partial charge in [-0.05, 0) is 32.7 Å². The maximum Gasteiger partial charge on any atom is 0.134 e. The summed E-state index contributed by atoms with van der Waals surface area (Å²) in [6.45, 7) is 9.85. The summed E-state index contributed by atoms with van der Waals surface area (Å²) in [7, 11) is 2.19. The summed E-state index contributed by atoms with van der Waals surface area (Å²) in [4.78, 5) is 16.0. The number of likely N-dealkylation sites (N-methyl/N-ethyl adjacent to an activating group) is 1. The van der Waals surface area contributed by atoms with Crippen LogP contribution in [-0.4, -0.2) is 90.4 Å². The summed E-state index contributed by atoms with van der Waals surface area (Å²) in [5, 5.41) is 12.9. The number of aromatic nitrogens is 2. The lowest BCUT2D eigenvalue weighted by atomic mass is 9.99. The minimum Gasteiger partial charge on any atom is -0.396 e. The third-order valence-corrected chi connectivity index (χ3v) is 5.49. The number of hydrogen-bond donors (Lipinski definition) is 2. The molecule has 0 radical (unpaired) electrons. The van der Waals surface area contributed by atoms with Crippen molar-refractivity contribution < 1.29 is 5.11 Å². The van der Waals surface area contributed by atoms with Crippen molar-refractivity contribution in [2.75, 3.05) is 69.7 Å². The third kappa shape index (κ3) is 5.03. The van der Waals surface area contributed by atoms with Crippen LogP contribution in [0.1, 0.15) is 19.8 Å². The number of nitrogens with one attached hydrogen (secondary N) is 1. The zero-order valence-electron chi connectivity index (χ0n) is 15.6. The highest BCUT2D eigenvalue weighted by Gasteiger charge is 2.21. The van der Waals surface area contributed by atoms with Crippen molar-refractivity contribution in [1.82, 2.24) is 19.8 Å². The van der Waals surface area contributed by atoms with Gasteiger partial charge in [-0.3, -0.25) is 4.90 Å². The molecule has 0 amide bonds. The van der Waals surface area contributed by atoms with Crippen LogP contribution in [0, 0.1) is 5.92 Å². The maximum absolute atomic E-state index is 9.42. The summed E-state index contributed by atoms with van der Waals surface area (Å²) in [6, 6.07) is 2.53. The Labute approximate surface area is 151 Å². The average molecular weight is 348 g/mol. The molecule has 7 nitrogen and oxygen atoms in total. The lowest BCUT2D eigenvalue weighted by Crippen LogP contribution is -2.49. The summed E-state index contributed by atoms with van der Waals surface area (Å²) in [5.74, 6) is 2.21. The number of aliphatic hydroxyl groups excluding tert-OH is 1. The van der Waals surface area contributed by atoms with Gasteiger partial charge in [0, 0.05) is 64.5 Å². The number of nitrogens with zero attached hydrogens (tertiary/aromatic N) is 5. The molecule has 2 unspecified atom stereocenters. The lowest BCUT2D eigenvalue weighted by molar-refractivity contribution is 0.123. The highest BCUT2D eigenvalue weighted by Crippen LogP contribution is 2.22. The van der Waals surface area contributed by atoms with Gasteiger partial charge in [0.1, 0.15) is 18.0 Å². The molecule has 0 spiro atoms. The molecule has 7 heteroatoms. The zero-order valence-corrected chi connectivity index (χ0v) is 15.6. The van der Waals surface area contributed by atoms with E-state index in [1.165, 1.54) is 0 Å². The minimum atomic E-state index is 0.259. The molecule has 3 heterocycles. The van der Waals surface area contributed by atoms with E-state index in [1.807, 2.05) is 6.07 Å². The Kier molecular flexibility index (Phi) is 6.45. The quantitative estimate of drug-likeness (QED) is 0.786. The van der Waals surface area contributed by atoms with E-state index < -0.39 is 0 Å². The predicted molar refractivity (Wildman–Crippen MR) is 101 cm³/mol. The van der Waals surface area contributed by atoms with E-state index in [-0.39, 0.29) is 6.61 Å². The molecule has 140 valence electrons. The molecule has 2 atom stereocenters. The Bertz CT molecular complexity index is 534. The van der Waals surface area contributed by atoms with Crippen molar-refractivity contribution in [3.63, 3.8) is 0 Å². The predicted octanol–water partition coefficient (Wildman–Crippen LogP) is 0.733. The van der Waals surface area contributed by atoms with Gasteiger partial charge in [0.2, 0.25) is 0 Å². The smallest absolute Gasteiger partial charge is 0.134 e. The fraction of sp³-hybridized carbons (Fsp3) is 0.778. The first kappa shape index (κ1) is 18.4. The number of rotatable bonds is 6. The van der Waals surface area contributed by atoms with Crippen molar-refractivity contribution >= 4 is 11.6 Å². The van der Waals surface area contributed by atoms with Gasteiger partial charge in [0.25, 0.3) is 0 Å². The van der Waals surface area contributed by atoms with Crippen LogP contribution in [0.5, 0.6) is 0 Å². The van der Waals surface area contributed by atoms with Crippen molar-refractivity contribution in [3.05, 3.63) is 12.4 Å². The van der Waals surface area contributed by atoms with E-state index in [9.17, 15) is 5.11 Å². The third-order valence-electron chi connectivity index (χ3n) is 5.49. The van der Waals surface area contributed by atoms with Gasteiger partial charge in [0.05, 0.1) is 0 Å². The summed E-state index contributed by atoms with van der Waals surface area (Å²) in [6.07, 6.45) is 3.85. The van der Waals surface area contributed by atoms with Crippen LogP contribution >= 0.6 is 0 Å². The van der Waals surface area contributed by atoms with E-state index in [2.05, 4.69) is 44.0 Å². The van der Waals surface area contributed by atoms with E-state index >= 15 is 0 Å². The molecule has 0 aromatic carbocycles. The normalized spacial score (nSPS) is 24.3. The molecule has 2 fully saturated rings. The topological polar surface area (TPSA) is 67.8 Å². The lowest BCUT2D eigenvalue weighted by Gasteiger charge is -2.36. The van der Waals surface area contributed by atoms with Crippen molar-refractivity contribution in [2.24, 2.45) is 5.92 Å². The highest BCUT2D eigenvalue weighted by molar-refractivity contribution is 5.48. The molecule has 25 heavy (non-hydrogen) atoms. The molecule has 3 rings (SSSR count). The molecule has 0 saturated carbocycles. The fourth-order valence-electron chi connectivity index (χ4n) is 3.68. The van der Waals surface area contributed by atoms with Crippen molar-refractivity contribution in [2.45, 2.75) is 25.8 Å². The Morgan fingerprint density at radius 2 is 2.04 bits per heavy atom. The van der Waals surface area contributed by atoms with Crippen LogP contribution in [0.15, 0.2) is 12.4 Å². The molecular weight excluding hydrogens is 316 g/mol. The van der Waals surface area contributed by atoms with Gasteiger partial charge >= 0.3 is 0 Å². The summed E-state index contributed by atoms with van der Waals surface area (Å²) in [5.41, 5.74) is 0. The molecular formula is C18H32N6O. The van der Waals surface area contributed by atoms with Crippen molar-refractivity contribution in [1.29, 1.82) is 0 Å². The Morgan fingerprint density at radius 3 is 2.80 bits per heavy atom. The van der Waals surface area contributed by atoms with Crippen LogP contribution in [0.3, 0.4) is 0 Å². The monoisotopic (exact) mass is 348 g/mol. The molecule has 2 aliphatic rings.